The minimum atomic E-state index is -0.466. The molecule has 0 N–H and O–H groups in total. The third-order valence-electron chi connectivity index (χ3n) is 5.79. The van der Waals surface area contributed by atoms with E-state index in [0.717, 1.165) is 12.8 Å². The predicted molar refractivity (Wildman–Crippen MR) is 68.7 cm³/mol. The van der Waals surface area contributed by atoms with Gasteiger partial charge in [0.05, 0.1) is 19.8 Å². The van der Waals surface area contributed by atoms with Crippen LogP contribution in [0.3, 0.4) is 0 Å². The first-order valence-electron chi connectivity index (χ1n) is 7.23. The molecular formula is C15H22O4. The zero-order chi connectivity index (χ0) is 13.7. The van der Waals surface area contributed by atoms with Gasteiger partial charge in [-0.3, -0.25) is 9.59 Å². The van der Waals surface area contributed by atoms with Crippen molar-refractivity contribution in [2.45, 2.75) is 45.6 Å². The Morgan fingerprint density at radius 3 is 2.68 bits per heavy atom. The van der Waals surface area contributed by atoms with Gasteiger partial charge in [0.25, 0.3) is 0 Å². The van der Waals surface area contributed by atoms with Gasteiger partial charge in [0, 0.05) is 18.3 Å². The topological polar surface area (TPSA) is 52.6 Å². The third-order valence-corrected chi connectivity index (χ3v) is 5.79. The van der Waals surface area contributed by atoms with Gasteiger partial charge in [0.15, 0.2) is 5.78 Å². The second-order valence-electron chi connectivity index (χ2n) is 6.74. The minimum Gasteiger partial charge on any atom is -0.376 e. The van der Waals surface area contributed by atoms with E-state index in [4.69, 9.17) is 9.47 Å². The number of Topliss-reactive ketones (excluding diaryl/α,β-unsaturated/α-hetero) is 2. The lowest BCUT2D eigenvalue weighted by molar-refractivity contribution is -0.151. The summed E-state index contributed by atoms with van der Waals surface area (Å²) in [6.07, 6.45) is 2.47. The van der Waals surface area contributed by atoms with Gasteiger partial charge in [0.2, 0.25) is 0 Å². The molecule has 4 nitrogen and oxygen atoms in total. The van der Waals surface area contributed by atoms with Gasteiger partial charge >= 0.3 is 0 Å². The smallest absolute Gasteiger partial charge is 0.164 e. The average molecular weight is 266 g/mol. The summed E-state index contributed by atoms with van der Waals surface area (Å²) in [6, 6.07) is 0. The first kappa shape index (κ1) is 13.3. The van der Waals surface area contributed by atoms with E-state index in [2.05, 4.69) is 13.8 Å². The number of hydrogen-bond donors (Lipinski definition) is 0. The van der Waals surface area contributed by atoms with E-state index in [-0.39, 0.29) is 11.2 Å². The first-order chi connectivity index (χ1) is 8.97. The van der Waals surface area contributed by atoms with Crippen LogP contribution in [-0.4, -0.2) is 37.5 Å². The number of carbonyl (C=O) groups excluding carboxylic acids is 2. The summed E-state index contributed by atoms with van der Waals surface area (Å²) in [4.78, 5) is 24.8. The first-order valence-corrected chi connectivity index (χ1v) is 7.23. The van der Waals surface area contributed by atoms with Crippen LogP contribution in [0.4, 0.5) is 0 Å². The molecule has 0 amide bonds. The molecule has 0 radical (unpaired) electrons. The molecule has 3 aliphatic rings. The lowest BCUT2D eigenvalue weighted by atomic mass is 9.66. The largest absolute Gasteiger partial charge is 0.376 e. The molecule has 19 heavy (non-hydrogen) atoms. The summed E-state index contributed by atoms with van der Waals surface area (Å²) in [5, 5.41) is 0. The summed E-state index contributed by atoms with van der Waals surface area (Å²) < 4.78 is 10.8. The number of hydrogen-bond acceptors (Lipinski definition) is 4. The molecule has 0 aromatic rings. The predicted octanol–water partition coefficient (Wildman–Crippen LogP) is 1.76. The normalized spacial score (nSPS) is 40.6. The Balaban J connectivity index is 1.77. The van der Waals surface area contributed by atoms with Crippen molar-refractivity contribution in [3.8, 4) is 0 Å². The molecule has 106 valence electrons. The highest BCUT2D eigenvalue weighted by Gasteiger charge is 2.64. The van der Waals surface area contributed by atoms with Gasteiger partial charge in [-0.2, -0.15) is 0 Å². The molecule has 1 saturated heterocycles. The van der Waals surface area contributed by atoms with Crippen molar-refractivity contribution in [3.05, 3.63) is 0 Å². The molecule has 3 unspecified atom stereocenters. The van der Waals surface area contributed by atoms with Crippen LogP contribution in [0.5, 0.6) is 0 Å². The van der Waals surface area contributed by atoms with Crippen molar-refractivity contribution in [1.82, 2.24) is 0 Å². The maximum atomic E-state index is 12.4. The summed E-state index contributed by atoms with van der Waals surface area (Å²) in [5.74, 6) is 0.791. The molecule has 2 bridgehead atoms. The molecule has 2 aliphatic carbocycles. The monoisotopic (exact) mass is 266 g/mol. The zero-order valence-electron chi connectivity index (χ0n) is 11.7. The highest BCUT2D eigenvalue weighted by atomic mass is 16.6. The van der Waals surface area contributed by atoms with Gasteiger partial charge in [0.1, 0.15) is 11.9 Å². The molecule has 0 aromatic heterocycles. The Morgan fingerprint density at radius 2 is 2.16 bits per heavy atom. The number of carbonyl (C=O) groups is 2. The zero-order valence-corrected chi connectivity index (χ0v) is 11.7. The molecule has 0 spiro atoms. The fourth-order valence-electron chi connectivity index (χ4n) is 4.27. The molecule has 0 aromatic carbocycles. The molecule has 3 rings (SSSR count). The van der Waals surface area contributed by atoms with Crippen molar-refractivity contribution in [2.75, 3.05) is 19.8 Å². The molecular weight excluding hydrogens is 244 g/mol. The van der Waals surface area contributed by atoms with Gasteiger partial charge in [-0.1, -0.05) is 13.8 Å². The van der Waals surface area contributed by atoms with E-state index in [1.807, 2.05) is 0 Å². The highest BCUT2D eigenvalue weighted by Crippen LogP contribution is 2.65. The standard InChI is InChI=1S/C15H22O4/c1-14(2)10-3-4-15(14,13(17)7-10)8-11(16)12-9-18-5-6-19-12/h10,12H,3-9H2,1-2H3. The number of rotatable bonds is 3. The Bertz CT molecular complexity index is 408. The summed E-state index contributed by atoms with van der Waals surface area (Å²) >= 11 is 0. The van der Waals surface area contributed by atoms with E-state index in [9.17, 15) is 9.59 Å². The molecule has 3 fully saturated rings. The van der Waals surface area contributed by atoms with Crippen LogP contribution >= 0.6 is 0 Å². The SMILES string of the molecule is CC1(C)C2CCC1(CC(=O)C1COCCO1)C(=O)C2. The van der Waals surface area contributed by atoms with E-state index >= 15 is 0 Å². The second-order valence-corrected chi connectivity index (χ2v) is 6.74. The van der Waals surface area contributed by atoms with Crippen molar-refractivity contribution >= 4 is 11.6 Å². The van der Waals surface area contributed by atoms with Crippen LogP contribution in [0, 0.1) is 16.7 Å². The third kappa shape index (κ3) is 1.80. The molecule has 3 atom stereocenters. The van der Waals surface area contributed by atoms with E-state index < -0.39 is 11.5 Å². The van der Waals surface area contributed by atoms with Crippen molar-refractivity contribution in [3.63, 3.8) is 0 Å². The van der Waals surface area contributed by atoms with Gasteiger partial charge < -0.3 is 9.47 Å². The Kier molecular flexibility index (Phi) is 3.06. The summed E-state index contributed by atoms with van der Waals surface area (Å²) in [6.45, 7) is 5.68. The van der Waals surface area contributed by atoms with E-state index in [1.165, 1.54) is 0 Å². The van der Waals surface area contributed by atoms with Crippen molar-refractivity contribution in [1.29, 1.82) is 0 Å². The minimum absolute atomic E-state index is 0.0451. The van der Waals surface area contributed by atoms with Gasteiger partial charge in [-0.05, 0) is 24.2 Å². The quantitative estimate of drug-likeness (QED) is 0.781. The van der Waals surface area contributed by atoms with Crippen LogP contribution in [0.25, 0.3) is 0 Å². The number of ether oxygens (including phenoxy) is 2. The average Bonchev–Trinajstić information content (AvgIpc) is 2.74. The lowest BCUT2D eigenvalue weighted by Crippen LogP contribution is -2.43. The van der Waals surface area contributed by atoms with Crippen LogP contribution in [-0.2, 0) is 19.1 Å². The van der Waals surface area contributed by atoms with Crippen LogP contribution in [0.15, 0.2) is 0 Å². The lowest BCUT2D eigenvalue weighted by Gasteiger charge is -2.37. The van der Waals surface area contributed by atoms with E-state index in [0.29, 0.717) is 44.4 Å². The second kappa shape index (κ2) is 4.38. The van der Waals surface area contributed by atoms with Crippen molar-refractivity contribution < 1.29 is 19.1 Å². The van der Waals surface area contributed by atoms with Gasteiger partial charge in [-0.25, -0.2) is 0 Å². The summed E-state index contributed by atoms with van der Waals surface area (Å²) in [7, 11) is 0. The molecule has 2 saturated carbocycles. The number of ketones is 2. The van der Waals surface area contributed by atoms with Gasteiger partial charge in [-0.15, -0.1) is 0 Å². The molecule has 4 heteroatoms. The summed E-state index contributed by atoms with van der Waals surface area (Å²) in [5.41, 5.74) is -0.481. The molecule has 1 aliphatic heterocycles. The Labute approximate surface area is 113 Å². The molecule has 1 heterocycles. The maximum Gasteiger partial charge on any atom is 0.164 e. The van der Waals surface area contributed by atoms with E-state index in [1.54, 1.807) is 0 Å². The maximum absolute atomic E-state index is 12.4. The van der Waals surface area contributed by atoms with Crippen LogP contribution < -0.4 is 0 Å². The fraction of sp³-hybridized carbons (Fsp3) is 0.867. The van der Waals surface area contributed by atoms with Crippen LogP contribution in [0.2, 0.25) is 0 Å². The van der Waals surface area contributed by atoms with Crippen LogP contribution in [0.1, 0.15) is 39.5 Å². The fourth-order valence-corrected chi connectivity index (χ4v) is 4.27. The Morgan fingerprint density at radius 1 is 1.37 bits per heavy atom. The van der Waals surface area contributed by atoms with Crippen molar-refractivity contribution in [2.24, 2.45) is 16.7 Å². The Hall–Kier alpha value is -0.740. The number of fused-ring (bicyclic) bond motifs is 2. The highest BCUT2D eigenvalue weighted by molar-refractivity contribution is 5.96.